The number of hydrogen-bond donors (Lipinski definition) is 2. The van der Waals surface area contributed by atoms with E-state index in [0.29, 0.717) is 23.8 Å². The number of rotatable bonds is 6. The number of carbonyl (C=O) groups excluding carboxylic acids is 1. The minimum atomic E-state index is -0.241. The Morgan fingerprint density at radius 3 is 2.62 bits per heavy atom. The van der Waals surface area contributed by atoms with Crippen molar-refractivity contribution in [2.45, 2.75) is 13.3 Å². The molecular weight excluding hydrogens is 266 g/mol. The summed E-state index contributed by atoms with van der Waals surface area (Å²) in [4.78, 5) is 16.3. The maximum atomic E-state index is 12.1. The van der Waals surface area contributed by atoms with Gasteiger partial charge in [-0.15, -0.1) is 0 Å². The summed E-state index contributed by atoms with van der Waals surface area (Å²) in [6, 6.07) is 12.6. The lowest BCUT2D eigenvalue weighted by atomic mass is 10.2. The lowest BCUT2D eigenvalue weighted by Crippen LogP contribution is -2.14. The number of anilines is 2. The summed E-state index contributed by atoms with van der Waals surface area (Å²) in [5, 5.41) is 5.71. The molecule has 0 saturated carbocycles. The Bertz CT molecular complexity index is 597. The Labute approximate surface area is 124 Å². The van der Waals surface area contributed by atoms with Gasteiger partial charge in [0.2, 0.25) is 0 Å². The van der Waals surface area contributed by atoms with Crippen molar-refractivity contribution < 1.29 is 9.53 Å². The van der Waals surface area contributed by atoms with Crippen molar-refractivity contribution in [3.05, 3.63) is 48.2 Å². The van der Waals surface area contributed by atoms with Crippen LogP contribution >= 0.6 is 0 Å². The number of amides is 1. The molecular formula is C16H19N3O2. The topological polar surface area (TPSA) is 63.2 Å². The van der Waals surface area contributed by atoms with E-state index < -0.39 is 0 Å². The van der Waals surface area contributed by atoms with Crippen molar-refractivity contribution in [3.8, 4) is 5.75 Å². The van der Waals surface area contributed by atoms with Crippen LogP contribution in [-0.4, -0.2) is 24.5 Å². The third-order valence-electron chi connectivity index (χ3n) is 2.82. The number of nitrogens with one attached hydrogen (secondary N) is 2. The molecule has 1 amide bonds. The molecule has 2 N–H and O–H groups in total. The third-order valence-corrected chi connectivity index (χ3v) is 2.82. The van der Waals surface area contributed by atoms with Crippen LogP contribution in [-0.2, 0) is 0 Å². The molecule has 21 heavy (non-hydrogen) atoms. The number of benzene rings is 1. The van der Waals surface area contributed by atoms with Gasteiger partial charge in [0, 0.05) is 12.7 Å². The molecule has 1 heterocycles. The zero-order valence-corrected chi connectivity index (χ0v) is 12.2. The predicted octanol–water partition coefficient (Wildman–Crippen LogP) is 3.16. The fraction of sp³-hybridized carbons (Fsp3) is 0.250. The molecule has 0 saturated heterocycles. The van der Waals surface area contributed by atoms with Gasteiger partial charge in [-0.2, -0.15) is 0 Å². The van der Waals surface area contributed by atoms with E-state index >= 15 is 0 Å². The highest BCUT2D eigenvalue weighted by atomic mass is 16.5. The van der Waals surface area contributed by atoms with E-state index in [1.165, 1.54) is 0 Å². The molecule has 0 bridgehead atoms. The van der Waals surface area contributed by atoms with E-state index in [1.54, 1.807) is 25.2 Å². The van der Waals surface area contributed by atoms with Crippen LogP contribution in [0.5, 0.6) is 5.75 Å². The Kier molecular flexibility index (Phi) is 5.15. The standard InChI is InChI=1S/C16H19N3O2/c1-3-11-21-13-9-7-12(8-10-13)18-16(20)14-5-4-6-15(17-2)19-14/h4-10H,3,11H2,1-2H3,(H,17,19)(H,18,20). The summed E-state index contributed by atoms with van der Waals surface area (Å²) in [5.41, 5.74) is 1.08. The van der Waals surface area contributed by atoms with Crippen molar-refractivity contribution in [3.63, 3.8) is 0 Å². The van der Waals surface area contributed by atoms with Crippen LogP contribution in [0, 0.1) is 0 Å². The molecule has 0 fully saturated rings. The average molecular weight is 285 g/mol. The van der Waals surface area contributed by atoms with Crippen molar-refractivity contribution >= 4 is 17.4 Å². The zero-order chi connectivity index (χ0) is 15.1. The first-order valence-electron chi connectivity index (χ1n) is 6.92. The van der Waals surface area contributed by atoms with Gasteiger partial charge in [-0.1, -0.05) is 13.0 Å². The smallest absolute Gasteiger partial charge is 0.274 e. The monoisotopic (exact) mass is 285 g/mol. The highest BCUT2D eigenvalue weighted by molar-refractivity contribution is 6.03. The summed E-state index contributed by atoms with van der Waals surface area (Å²) in [6.45, 7) is 2.74. The van der Waals surface area contributed by atoms with Crippen LogP contribution in [0.2, 0.25) is 0 Å². The maximum absolute atomic E-state index is 12.1. The lowest BCUT2D eigenvalue weighted by molar-refractivity contribution is 0.102. The van der Waals surface area contributed by atoms with Crippen molar-refractivity contribution in [2.75, 3.05) is 24.3 Å². The second-order valence-corrected chi connectivity index (χ2v) is 4.49. The third kappa shape index (κ3) is 4.21. The number of ether oxygens (including phenoxy) is 1. The lowest BCUT2D eigenvalue weighted by Gasteiger charge is -2.08. The molecule has 0 aliphatic carbocycles. The minimum absolute atomic E-state index is 0.241. The van der Waals surface area contributed by atoms with E-state index in [9.17, 15) is 4.79 Å². The number of hydrogen-bond acceptors (Lipinski definition) is 4. The molecule has 110 valence electrons. The number of aromatic nitrogens is 1. The van der Waals surface area contributed by atoms with Crippen LogP contribution < -0.4 is 15.4 Å². The fourth-order valence-electron chi connectivity index (χ4n) is 1.75. The van der Waals surface area contributed by atoms with Gasteiger partial charge < -0.3 is 15.4 Å². The first-order chi connectivity index (χ1) is 10.2. The zero-order valence-electron chi connectivity index (χ0n) is 12.2. The SMILES string of the molecule is CCCOc1ccc(NC(=O)c2cccc(NC)n2)cc1. The second kappa shape index (κ2) is 7.28. The highest BCUT2D eigenvalue weighted by Gasteiger charge is 2.08. The highest BCUT2D eigenvalue weighted by Crippen LogP contribution is 2.16. The van der Waals surface area contributed by atoms with Crippen LogP contribution in [0.15, 0.2) is 42.5 Å². The van der Waals surface area contributed by atoms with Crippen LogP contribution in [0.25, 0.3) is 0 Å². The quantitative estimate of drug-likeness (QED) is 0.855. The summed E-state index contributed by atoms with van der Waals surface area (Å²) in [6.07, 6.45) is 0.964. The van der Waals surface area contributed by atoms with Crippen molar-refractivity contribution in [1.82, 2.24) is 4.98 Å². The largest absolute Gasteiger partial charge is 0.494 e. The second-order valence-electron chi connectivity index (χ2n) is 4.49. The molecule has 0 atom stereocenters. The molecule has 1 aromatic heterocycles. The molecule has 0 unspecified atom stereocenters. The Morgan fingerprint density at radius 1 is 1.19 bits per heavy atom. The molecule has 1 aromatic carbocycles. The molecule has 0 radical (unpaired) electrons. The van der Waals surface area contributed by atoms with E-state index in [1.807, 2.05) is 24.3 Å². The molecule has 5 nitrogen and oxygen atoms in total. The Hall–Kier alpha value is -2.56. The fourth-order valence-corrected chi connectivity index (χ4v) is 1.75. The molecule has 0 aliphatic rings. The number of pyridine rings is 1. The molecule has 2 aromatic rings. The van der Waals surface area contributed by atoms with Gasteiger partial charge in [-0.05, 0) is 42.8 Å². The Balaban J connectivity index is 2.01. The Morgan fingerprint density at radius 2 is 1.95 bits per heavy atom. The van der Waals surface area contributed by atoms with E-state index in [2.05, 4.69) is 22.5 Å². The van der Waals surface area contributed by atoms with Crippen LogP contribution in [0.3, 0.4) is 0 Å². The molecule has 5 heteroatoms. The van der Waals surface area contributed by atoms with Gasteiger partial charge in [0.25, 0.3) is 5.91 Å². The van der Waals surface area contributed by atoms with Crippen molar-refractivity contribution in [2.24, 2.45) is 0 Å². The average Bonchev–Trinajstić information content (AvgIpc) is 2.54. The number of nitrogens with zero attached hydrogens (tertiary/aromatic N) is 1. The summed E-state index contributed by atoms with van der Waals surface area (Å²) >= 11 is 0. The summed E-state index contributed by atoms with van der Waals surface area (Å²) in [7, 11) is 1.76. The van der Waals surface area contributed by atoms with Crippen LogP contribution in [0.1, 0.15) is 23.8 Å². The van der Waals surface area contributed by atoms with E-state index in [-0.39, 0.29) is 5.91 Å². The maximum Gasteiger partial charge on any atom is 0.274 e. The normalized spacial score (nSPS) is 10.0. The van der Waals surface area contributed by atoms with E-state index in [4.69, 9.17) is 4.74 Å². The summed E-state index contributed by atoms with van der Waals surface area (Å²) in [5.74, 6) is 1.21. The van der Waals surface area contributed by atoms with Gasteiger partial charge in [0.15, 0.2) is 0 Å². The first-order valence-corrected chi connectivity index (χ1v) is 6.92. The van der Waals surface area contributed by atoms with Gasteiger partial charge in [0.1, 0.15) is 17.3 Å². The molecule has 0 spiro atoms. The van der Waals surface area contributed by atoms with Crippen molar-refractivity contribution in [1.29, 1.82) is 0 Å². The van der Waals surface area contributed by atoms with Gasteiger partial charge in [-0.25, -0.2) is 4.98 Å². The van der Waals surface area contributed by atoms with Gasteiger partial charge in [0.05, 0.1) is 6.61 Å². The predicted molar refractivity (Wildman–Crippen MR) is 84.0 cm³/mol. The number of carbonyl (C=O) groups is 1. The molecule has 0 aliphatic heterocycles. The van der Waals surface area contributed by atoms with Crippen LogP contribution in [0.4, 0.5) is 11.5 Å². The summed E-state index contributed by atoms with van der Waals surface area (Å²) < 4.78 is 5.50. The minimum Gasteiger partial charge on any atom is -0.494 e. The molecule has 2 rings (SSSR count). The van der Waals surface area contributed by atoms with Gasteiger partial charge >= 0.3 is 0 Å². The van der Waals surface area contributed by atoms with Gasteiger partial charge in [-0.3, -0.25) is 4.79 Å². The van der Waals surface area contributed by atoms with E-state index in [0.717, 1.165) is 12.2 Å². The first kappa shape index (κ1) is 14.8.